The Morgan fingerprint density at radius 1 is 1.33 bits per heavy atom. The first kappa shape index (κ1) is 17.2. The van der Waals surface area contributed by atoms with Crippen LogP contribution in [0.5, 0.6) is 5.75 Å². The molecule has 0 radical (unpaired) electrons. The highest BCUT2D eigenvalue weighted by Crippen LogP contribution is 2.27. The molecule has 2 heterocycles. The number of hydrogen-bond donors (Lipinski definition) is 2. The van der Waals surface area contributed by atoms with E-state index in [1.165, 1.54) is 5.56 Å². The van der Waals surface area contributed by atoms with Crippen molar-refractivity contribution in [2.45, 2.75) is 37.6 Å². The number of ether oxygens (including phenoxy) is 2. The fourth-order valence-corrected chi connectivity index (χ4v) is 3.69. The molecule has 0 saturated carbocycles. The van der Waals surface area contributed by atoms with E-state index in [-0.39, 0.29) is 11.9 Å². The molecule has 1 aromatic carbocycles. The highest BCUT2D eigenvalue weighted by atomic mass is 16.5. The Hall–Kier alpha value is -1.59. The molecule has 2 saturated heterocycles. The average molecular weight is 332 g/mol. The summed E-state index contributed by atoms with van der Waals surface area (Å²) in [6.07, 6.45) is 3.65. The van der Waals surface area contributed by atoms with Crippen LogP contribution in [0.3, 0.4) is 0 Å². The second-order valence-corrected chi connectivity index (χ2v) is 6.81. The smallest absolute Gasteiger partial charge is 0.220 e. The Bertz CT molecular complexity index is 526. The fraction of sp³-hybridized carbons (Fsp3) is 0.632. The highest BCUT2D eigenvalue weighted by molar-refractivity contribution is 5.76. The van der Waals surface area contributed by atoms with E-state index in [0.717, 1.165) is 51.3 Å². The number of amides is 1. The van der Waals surface area contributed by atoms with Gasteiger partial charge in [0.25, 0.3) is 0 Å². The molecule has 3 unspecified atom stereocenters. The summed E-state index contributed by atoms with van der Waals surface area (Å²) in [6, 6.07) is 8.37. The zero-order chi connectivity index (χ0) is 16.8. The van der Waals surface area contributed by atoms with Crippen LogP contribution >= 0.6 is 0 Å². The van der Waals surface area contributed by atoms with Gasteiger partial charge >= 0.3 is 0 Å². The quantitative estimate of drug-likeness (QED) is 0.837. The second-order valence-electron chi connectivity index (χ2n) is 6.81. The van der Waals surface area contributed by atoms with Gasteiger partial charge < -0.3 is 20.1 Å². The van der Waals surface area contributed by atoms with Crippen molar-refractivity contribution in [3.8, 4) is 5.75 Å². The molecule has 0 aliphatic carbocycles. The molecule has 0 spiro atoms. The number of hydrogen-bond acceptors (Lipinski definition) is 4. The van der Waals surface area contributed by atoms with Gasteiger partial charge in [-0.25, -0.2) is 0 Å². The van der Waals surface area contributed by atoms with Crippen molar-refractivity contribution in [2.75, 3.05) is 33.4 Å². The van der Waals surface area contributed by atoms with Crippen LogP contribution in [-0.2, 0) is 9.53 Å². The van der Waals surface area contributed by atoms with Gasteiger partial charge in [0.15, 0.2) is 0 Å². The van der Waals surface area contributed by atoms with Crippen LogP contribution in [0, 0.1) is 5.92 Å². The monoisotopic (exact) mass is 332 g/mol. The largest absolute Gasteiger partial charge is 0.497 e. The summed E-state index contributed by atoms with van der Waals surface area (Å²) in [6.45, 7) is 3.47. The molecule has 24 heavy (non-hydrogen) atoms. The average Bonchev–Trinajstić information content (AvgIpc) is 3.14. The standard InChI is InChI=1S/C19H28N2O3/c1-23-16-5-3-15(4-6-16)17-8-10-20-12-18(17)21-19(22)7-2-14-9-11-24-13-14/h3-6,14,17-18,20H,2,7-13H2,1H3,(H,21,22). The molecule has 2 N–H and O–H groups in total. The maximum absolute atomic E-state index is 12.3. The van der Waals surface area contributed by atoms with Crippen molar-refractivity contribution >= 4 is 5.91 Å². The minimum absolute atomic E-state index is 0.152. The fourth-order valence-electron chi connectivity index (χ4n) is 3.69. The van der Waals surface area contributed by atoms with Crippen LogP contribution in [0.25, 0.3) is 0 Å². The lowest BCUT2D eigenvalue weighted by molar-refractivity contribution is -0.122. The van der Waals surface area contributed by atoms with Crippen molar-refractivity contribution < 1.29 is 14.3 Å². The molecule has 2 aliphatic rings. The maximum Gasteiger partial charge on any atom is 0.220 e. The Morgan fingerprint density at radius 2 is 2.17 bits per heavy atom. The molecular weight excluding hydrogens is 304 g/mol. The number of rotatable bonds is 6. The lowest BCUT2D eigenvalue weighted by Crippen LogP contribution is -2.50. The van der Waals surface area contributed by atoms with Crippen LogP contribution in [0.4, 0.5) is 0 Å². The number of methoxy groups -OCH3 is 1. The minimum Gasteiger partial charge on any atom is -0.497 e. The number of carbonyl (C=O) groups is 1. The second kappa shape index (κ2) is 8.49. The Morgan fingerprint density at radius 3 is 2.88 bits per heavy atom. The Kier molecular flexibility index (Phi) is 6.10. The van der Waals surface area contributed by atoms with Gasteiger partial charge in [-0.05, 0) is 49.4 Å². The van der Waals surface area contributed by atoms with Crippen molar-refractivity contribution in [3.05, 3.63) is 29.8 Å². The zero-order valence-corrected chi connectivity index (χ0v) is 14.4. The van der Waals surface area contributed by atoms with Crippen LogP contribution in [0.15, 0.2) is 24.3 Å². The highest BCUT2D eigenvalue weighted by Gasteiger charge is 2.28. The van der Waals surface area contributed by atoms with E-state index in [0.29, 0.717) is 18.3 Å². The van der Waals surface area contributed by atoms with E-state index in [1.54, 1.807) is 7.11 Å². The van der Waals surface area contributed by atoms with Gasteiger partial charge in [0.05, 0.1) is 7.11 Å². The van der Waals surface area contributed by atoms with Crippen LogP contribution in [0.2, 0.25) is 0 Å². The number of carbonyl (C=O) groups excluding carboxylic acids is 1. The van der Waals surface area contributed by atoms with Gasteiger partial charge in [-0.1, -0.05) is 12.1 Å². The van der Waals surface area contributed by atoms with Crippen LogP contribution in [-0.4, -0.2) is 45.4 Å². The molecule has 0 aromatic heterocycles. The molecule has 3 rings (SSSR count). The Balaban J connectivity index is 1.55. The van der Waals surface area contributed by atoms with Gasteiger partial charge in [-0.3, -0.25) is 4.79 Å². The summed E-state index contributed by atoms with van der Waals surface area (Å²) < 4.78 is 10.6. The normalized spacial score (nSPS) is 27.0. The summed E-state index contributed by atoms with van der Waals surface area (Å²) >= 11 is 0. The predicted octanol–water partition coefficient (Wildman–Crippen LogP) is 2.07. The molecule has 3 atom stereocenters. The molecular formula is C19H28N2O3. The lowest BCUT2D eigenvalue weighted by Gasteiger charge is -2.33. The first-order valence-corrected chi connectivity index (χ1v) is 8.98. The summed E-state index contributed by atoms with van der Waals surface area (Å²) in [4.78, 5) is 12.3. The third-order valence-electron chi connectivity index (χ3n) is 5.18. The molecule has 1 aromatic rings. The van der Waals surface area contributed by atoms with Crippen molar-refractivity contribution in [3.63, 3.8) is 0 Å². The van der Waals surface area contributed by atoms with E-state index in [1.807, 2.05) is 12.1 Å². The molecule has 132 valence electrons. The number of nitrogens with one attached hydrogen (secondary N) is 2. The first-order valence-electron chi connectivity index (χ1n) is 8.98. The summed E-state index contributed by atoms with van der Waals surface area (Å²) in [5.41, 5.74) is 1.27. The number of piperidine rings is 1. The van der Waals surface area contributed by atoms with E-state index in [9.17, 15) is 4.79 Å². The van der Waals surface area contributed by atoms with E-state index in [2.05, 4.69) is 22.8 Å². The van der Waals surface area contributed by atoms with Gasteiger partial charge in [-0.2, -0.15) is 0 Å². The van der Waals surface area contributed by atoms with E-state index >= 15 is 0 Å². The predicted molar refractivity (Wildman–Crippen MR) is 93.3 cm³/mol. The Labute approximate surface area is 144 Å². The zero-order valence-electron chi connectivity index (χ0n) is 14.4. The third kappa shape index (κ3) is 4.48. The topological polar surface area (TPSA) is 59.6 Å². The van der Waals surface area contributed by atoms with Gasteiger partial charge in [0, 0.05) is 38.1 Å². The molecule has 0 bridgehead atoms. The van der Waals surface area contributed by atoms with E-state index in [4.69, 9.17) is 9.47 Å². The van der Waals surface area contributed by atoms with Crippen LogP contribution in [0.1, 0.15) is 37.2 Å². The van der Waals surface area contributed by atoms with Crippen LogP contribution < -0.4 is 15.4 Å². The SMILES string of the molecule is COc1ccc(C2CCNCC2NC(=O)CCC2CCOC2)cc1. The minimum atomic E-state index is 0.152. The number of benzene rings is 1. The van der Waals surface area contributed by atoms with Crippen molar-refractivity contribution in [1.29, 1.82) is 0 Å². The molecule has 2 fully saturated rings. The summed E-state index contributed by atoms with van der Waals surface area (Å²) in [5, 5.41) is 6.65. The van der Waals surface area contributed by atoms with Gasteiger partial charge in [0.2, 0.25) is 5.91 Å². The first-order chi connectivity index (χ1) is 11.8. The molecule has 5 nitrogen and oxygen atoms in total. The maximum atomic E-state index is 12.3. The van der Waals surface area contributed by atoms with Gasteiger partial charge in [-0.15, -0.1) is 0 Å². The summed E-state index contributed by atoms with van der Waals surface area (Å²) in [5.74, 6) is 1.94. The third-order valence-corrected chi connectivity index (χ3v) is 5.18. The van der Waals surface area contributed by atoms with Crippen molar-refractivity contribution in [1.82, 2.24) is 10.6 Å². The molecule has 1 amide bonds. The van der Waals surface area contributed by atoms with Gasteiger partial charge in [0.1, 0.15) is 5.75 Å². The molecule has 5 heteroatoms. The lowest BCUT2D eigenvalue weighted by atomic mass is 9.86. The van der Waals surface area contributed by atoms with E-state index < -0.39 is 0 Å². The molecule has 2 aliphatic heterocycles. The summed E-state index contributed by atoms with van der Waals surface area (Å²) in [7, 11) is 1.68. The van der Waals surface area contributed by atoms with Crippen molar-refractivity contribution in [2.24, 2.45) is 5.92 Å².